The van der Waals surface area contributed by atoms with Gasteiger partial charge in [-0.3, -0.25) is 9.59 Å². The normalized spacial score (nSPS) is 18.2. The lowest BCUT2D eigenvalue weighted by Crippen LogP contribution is -2.53. The largest absolute Gasteiger partial charge is 0.453 e. The van der Waals surface area contributed by atoms with Gasteiger partial charge in [0.05, 0.1) is 0 Å². The van der Waals surface area contributed by atoms with Crippen LogP contribution in [0.25, 0.3) is 5.65 Å². The Balaban J connectivity index is 1.30. The molecule has 0 aliphatic carbocycles. The predicted octanol–water partition coefficient (Wildman–Crippen LogP) is 2.47. The van der Waals surface area contributed by atoms with E-state index in [1.807, 2.05) is 14.7 Å². The molecule has 0 N–H and O–H groups in total. The van der Waals surface area contributed by atoms with Gasteiger partial charge in [0.25, 0.3) is 5.82 Å². The van der Waals surface area contributed by atoms with Crippen LogP contribution in [-0.2, 0) is 15.8 Å². The molecule has 0 saturated carbocycles. The van der Waals surface area contributed by atoms with Crippen LogP contribution in [0, 0.1) is 11.8 Å². The molecule has 34 heavy (non-hydrogen) atoms. The second-order valence-corrected chi connectivity index (χ2v) is 9.38. The number of aromatic nitrogens is 4. The minimum Gasteiger partial charge on any atom is -0.355 e. The third-order valence-electron chi connectivity index (χ3n) is 6.55. The first kappa shape index (κ1) is 24.2. The zero-order valence-corrected chi connectivity index (χ0v) is 19.5. The molecule has 12 heteroatoms. The van der Waals surface area contributed by atoms with Crippen LogP contribution in [0.5, 0.6) is 0 Å². The van der Waals surface area contributed by atoms with E-state index in [0.29, 0.717) is 74.8 Å². The molecule has 2 saturated heterocycles. The van der Waals surface area contributed by atoms with E-state index in [2.05, 4.69) is 29.1 Å². The maximum Gasteiger partial charge on any atom is 0.453 e. The van der Waals surface area contributed by atoms with Gasteiger partial charge in [0, 0.05) is 51.6 Å². The molecular formula is C22H30F3N7O2. The Labute approximate surface area is 195 Å². The van der Waals surface area contributed by atoms with Gasteiger partial charge < -0.3 is 14.7 Å². The summed E-state index contributed by atoms with van der Waals surface area (Å²) >= 11 is 0. The minimum absolute atomic E-state index is 0.0305. The van der Waals surface area contributed by atoms with E-state index in [1.54, 1.807) is 6.07 Å². The Kier molecular flexibility index (Phi) is 6.94. The first-order chi connectivity index (χ1) is 16.1. The summed E-state index contributed by atoms with van der Waals surface area (Å²) in [5, 5.41) is 10.8. The van der Waals surface area contributed by atoms with Crippen molar-refractivity contribution in [2.45, 2.75) is 45.7 Å². The van der Waals surface area contributed by atoms with Gasteiger partial charge >= 0.3 is 6.18 Å². The van der Waals surface area contributed by atoms with Gasteiger partial charge in [-0.05, 0) is 37.3 Å². The van der Waals surface area contributed by atoms with Crippen molar-refractivity contribution in [1.29, 1.82) is 0 Å². The Bertz CT molecular complexity index is 1020. The molecule has 0 spiro atoms. The topological polar surface area (TPSA) is 86.9 Å². The summed E-state index contributed by atoms with van der Waals surface area (Å²) in [7, 11) is 0. The van der Waals surface area contributed by atoms with E-state index in [0.717, 1.165) is 6.42 Å². The Morgan fingerprint density at radius 1 is 1.00 bits per heavy atom. The van der Waals surface area contributed by atoms with E-state index in [-0.39, 0.29) is 23.4 Å². The van der Waals surface area contributed by atoms with Crippen LogP contribution in [0.15, 0.2) is 12.1 Å². The molecule has 9 nitrogen and oxygen atoms in total. The van der Waals surface area contributed by atoms with E-state index in [4.69, 9.17) is 0 Å². The third kappa shape index (κ3) is 5.25. The number of hydrogen-bond donors (Lipinski definition) is 0. The van der Waals surface area contributed by atoms with Crippen molar-refractivity contribution in [3.05, 3.63) is 18.0 Å². The molecule has 2 fully saturated rings. The van der Waals surface area contributed by atoms with E-state index in [9.17, 15) is 22.8 Å². The SMILES string of the molecule is CC(C)CCC(=O)N1CCN(C(=O)C2CCN(c3ccc4nnc(C(F)(F)F)n4n3)CC2)CC1. The fourth-order valence-corrected chi connectivity index (χ4v) is 4.48. The summed E-state index contributed by atoms with van der Waals surface area (Å²) in [4.78, 5) is 30.9. The highest BCUT2D eigenvalue weighted by atomic mass is 19.4. The molecule has 2 amide bonds. The van der Waals surface area contributed by atoms with E-state index in [1.165, 1.54) is 6.07 Å². The van der Waals surface area contributed by atoms with Crippen LogP contribution in [0.2, 0.25) is 0 Å². The van der Waals surface area contributed by atoms with Gasteiger partial charge in [-0.25, -0.2) is 0 Å². The zero-order chi connectivity index (χ0) is 24.5. The molecule has 0 bridgehead atoms. The maximum atomic E-state index is 13.1. The van der Waals surface area contributed by atoms with Crippen LogP contribution in [-0.4, -0.2) is 80.7 Å². The Morgan fingerprint density at radius 2 is 1.65 bits per heavy atom. The number of piperazine rings is 1. The van der Waals surface area contributed by atoms with Crippen LogP contribution in [0.1, 0.15) is 45.4 Å². The summed E-state index contributed by atoms with van der Waals surface area (Å²) in [6, 6.07) is 3.09. The minimum atomic E-state index is -4.65. The summed E-state index contributed by atoms with van der Waals surface area (Å²) in [5.74, 6) is -0.161. The van der Waals surface area contributed by atoms with E-state index < -0.39 is 12.0 Å². The van der Waals surface area contributed by atoms with Crippen molar-refractivity contribution in [2.75, 3.05) is 44.2 Å². The lowest BCUT2D eigenvalue weighted by Gasteiger charge is -2.38. The smallest absolute Gasteiger partial charge is 0.355 e. The molecule has 2 aromatic heterocycles. The van der Waals surface area contributed by atoms with Crippen molar-refractivity contribution < 1.29 is 22.8 Å². The van der Waals surface area contributed by atoms with Gasteiger partial charge in [0.2, 0.25) is 11.8 Å². The van der Waals surface area contributed by atoms with Crippen molar-refractivity contribution in [2.24, 2.45) is 11.8 Å². The summed E-state index contributed by atoms with van der Waals surface area (Å²) in [6.07, 6.45) is -2.04. The Morgan fingerprint density at radius 3 is 2.26 bits per heavy atom. The number of carbonyl (C=O) groups is 2. The van der Waals surface area contributed by atoms with Crippen molar-refractivity contribution in [1.82, 2.24) is 29.6 Å². The first-order valence-electron chi connectivity index (χ1n) is 11.7. The monoisotopic (exact) mass is 481 g/mol. The van der Waals surface area contributed by atoms with Gasteiger partial charge in [-0.1, -0.05) is 13.8 Å². The summed E-state index contributed by atoms with van der Waals surface area (Å²) in [6.45, 7) is 7.43. The standard InChI is InChI=1S/C22H30F3N7O2/c1-15(2)3-6-19(33)30-11-13-31(14-12-30)20(34)16-7-9-29(10-8-16)18-5-4-17-26-27-21(22(23,24)25)32(17)28-18/h4-5,15-16H,3,6-14H2,1-2H3. The van der Waals surface area contributed by atoms with Crippen molar-refractivity contribution in [3.8, 4) is 0 Å². The molecular weight excluding hydrogens is 451 g/mol. The molecule has 0 aromatic carbocycles. The van der Waals surface area contributed by atoms with E-state index >= 15 is 0 Å². The number of alkyl halides is 3. The Hall–Kier alpha value is -2.92. The fraction of sp³-hybridized carbons (Fsp3) is 0.682. The van der Waals surface area contributed by atoms with Gasteiger partial charge in [0.1, 0.15) is 5.82 Å². The summed E-state index contributed by atoms with van der Waals surface area (Å²) in [5.41, 5.74) is 0.0305. The highest BCUT2D eigenvalue weighted by Crippen LogP contribution is 2.29. The number of anilines is 1. The third-order valence-corrected chi connectivity index (χ3v) is 6.55. The second kappa shape index (κ2) is 9.75. The maximum absolute atomic E-state index is 13.1. The number of fused-ring (bicyclic) bond motifs is 1. The van der Waals surface area contributed by atoms with Crippen molar-refractivity contribution in [3.63, 3.8) is 0 Å². The van der Waals surface area contributed by atoms with Crippen LogP contribution in [0.3, 0.4) is 0 Å². The predicted molar refractivity (Wildman–Crippen MR) is 118 cm³/mol. The van der Waals surface area contributed by atoms with Gasteiger partial charge in [-0.2, -0.15) is 17.7 Å². The molecule has 2 aromatic rings. The molecule has 0 radical (unpaired) electrons. The number of amides is 2. The number of carbonyl (C=O) groups excluding carboxylic acids is 2. The molecule has 0 atom stereocenters. The van der Waals surface area contributed by atoms with Crippen LogP contribution in [0.4, 0.5) is 19.0 Å². The molecule has 0 unspecified atom stereocenters. The molecule has 186 valence electrons. The number of rotatable bonds is 5. The molecule has 2 aliphatic rings. The van der Waals surface area contributed by atoms with Gasteiger partial charge in [-0.15, -0.1) is 15.3 Å². The van der Waals surface area contributed by atoms with Crippen molar-refractivity contribution >= 4 is 23.3 Å². The average Bonchev–Trinajstić information content (AvgIpc) is 3.26. The second-order valence-electron chi connectivity index (χ2n) is 9.38. The lowest BCUT2D eigenvalue weighted by atomic mass is 9.95. The van der Waals surface area contributed by atoms with Crippen LogP contribution >= 0.6 is 0 Å². The number of halogens is 3. The number of nitrogens with zero attached hydrogens (tertiary/aromatic N) is 7. The highest BCUT2D eigenvalue weighted by Gasteiger charge is 2.38. The average molecular weight is 482 g/mol. The quantitative estimate of drug-likeness (QED) is 0.652. The fourth-order valence-electron chi connectivity index (χ4n) is 4.48. The van der Waals surface area contributed by atoms with Gasteiger partial charge in [0.15, 0.2) is 5.65 Å². The lowest BCUT2D eigenvalue weighted by molar-refractivity contribution is -0.146. The first-order valence-corrected chi connectivity index (χ1v) is 11.7. The number of hydrogen-bond acceptors (Lipinski definition) is 6. The molecule has 4 rings (SSSR count). The number of piperidine rings is 1. The molecule has 2 aliphatic heterocycles. The zero-order valence-electron chi connectivity index (χ0n) is 19.5. The molecule has 4 heterocycles. The highest BCUT2D eigenvalue weighted by molar-refractivity contribution is 5.80. The van der Waals surface area contributed by atoms with Crippen LogP contribution < -0.4 is 4.90 Å². The summed E-state index contributed by atoms with van der Waals surface area (Å²) < 4.78 is 40.1.